The number of nitrogens with one attached hydrogen (secondary N) is 2. The zero-order valence-electron chi connectivity index (χ0n) is 12.0. The molecule has 2 unspecified atom stereocenters. The fraction of sp³-hybridized carbons (Fsp3) is 0.600. The van der Waals surface area contributed by atoms with Crippen LogP contribution < -0.4 is 10.6 Å². The summed E-state index contributed by atoms with van der Waals surface area (Å²) in [5.74, 6) is -0.394. The van der Waals surface area contributed by atoms with Gasteiger partial charge >= 0.3 is 5.97 Å². The van der Waals surface area contributed by atoms with Crippen molar-refractivity contribution in [3.8, 4) is 0 Å². The van der Waals surface area contributed by atoms with Crippen LogP contribution in [0.1, 0.15) is 43.0 Å². The monoisotopic (exact) mass is 310 g/mol. The van der Waals surface area contributed by atoms with Crippen molar-refractivity contribution in [2.24, 2.45) is 5.92 Å². The van der Waals surface area contributed by atoms with Gasteiger partial charge in [0, 0.05) is 11.3 Å². The molecule has 21 heavy (non-hydrogen) atoms. The molecule has 2 rings (SSSR count). The Balaban J connectivity index is 1.81. The molecule has 1 fully saturated rings. The highest BCUT2D eigenvalue weighted by Gasteiger charge is 2.20. The largest absolute Gasteiger partial charge is 0.481 e. The summed E-state index contributed by atoms with van der Waals surface area (Å²) in [5.41, 5.74) is 0. The highest BCUT2D eigenvalue weighted by Crippen LogP contribution is 2.23. The number of thiophene rings is 1. The van der Waals surface area contributed by atoms with Crippen molar-refractivity contribution < 1.29 is 14.7 Å². The van der Waals surface area contributed by atoms with Crippen LogP contribution in [0.15, 0.2) is 17.5 Å². The number of carboxylic acid groups (broad SMARTS) is 1. The van der Waals surface area contributed by atoms with Crippen LogP contribution in [0, 0.1) is 5.92 Å². The van der Waals surface area contributed by atoms with Gasteiger partial charge in [0.1, 0.15) is 0 Å². The summed E-state index contributed by atoms with van der Waals surface area (Å²) < 4.78 is 0. The standard InChI is InChI=1S/C15H22N2O3S/c18-14(6-5-11-3-1-7-16-10-11)17-12(9-15(19)20)13-4-2-8-21-13/h2,4,8,11-12,16H,1,3,5-7,9-10H2,(H,17,18)(H,19,20). The zero-order chi connectivity index (χ0) is 15.1. The molecule has 3 N–H and O–H groups in total. The Morgan fingerprint density at radius 3 is 3.00 bits per heavy atom. The van der Waals surface area contributed by atoms with Crippen molar-refractivity contribution in [3.05, 3.63) is 22.4 Å². The summed E-state index contributed by atoms with van der Waals surface area (Å²) in [6.45, 7) is 2.05. The molecule has 0 bridgehead atoms. The molecular formula is C15H22N2O3S. The minimum Gasteiger partial charge on any atom is -0.481 e. The molecule has 0 aliphatic carbocycles. The van der Waals surface area contributed by atoms with Gasteiger partial charge in [-0.15, -0.1) is 11.3 Å². The van der Waals surface area contributed by atoms with Gasteiger partial charge in [0.2, 0.25) is 5.91 Å². The second-order valence-corrected chi connectivity index (χ2v) is 6.46. The van der Waals surface area contributed by atoms with Crippen LogP contribution in [0.4, 0.5) is 0 Å². The lowest BCUT2D eigenvalue weighted by atomic mass is 9.94. The van der Waals surface area contributed by atoms with Crippen LogP contribution in [0.2, 0.25) is 0 Å². The van der Waals surface area contributed by atoms with E-state index in [1.807, 2.05) is 17.5 Å². The van der Waals surface area contributed by atoms with Crippen LogP contribution >= 0.6 is 11.3 Å². The molecule has 2 atom stereocenters. The van der Waals surface area contributed by atoms with Gasteiger partial charge in [0.15, 0.2) is 0 Å². The van der Waals surface area contributed by atoms with E-state index >= 15 is 0 Å². The lowest BCUT2D eigenvalue weighted by molar-refractivity contribution is -0.137. The third-order valence-corrected chi connectivity index (χ3v) is 4.77. The first-order valence-electron chi connectivity index (χ1n) is 7.40. The molecule has 1 aromatic heterocycles. The van der Waals surface area contributed by atoms with Crippen molar-refractivity contribution in [1.82, 2.24) is 10.6 Å². The number of hydrogen-bond donors (Lipinski definition) is 3. The smallest absolute Gasteiger partial charge is 0.305 e. The molecule has 6 heteroatoms. The van der Waals surface area contributed by atoms with E-state index in [0.29, 0.717) is 12.3 Å². The molecular weight excluding hydrogens is 288 g/mol. The Bertz CT molecular complexity index is 455. The van der Waals surface area contributed by atoms with Crippen molar-refractivity contribution in [3.63, 3.8) is 0 Å². The van der Waals surface area contributed by atoms with Gasteiger partial charge in [-0.25, -0.2) is 0 Å². The second kappa shape index (κ2) is 8.14. The van der Waals surface area contributed by atoms with Gasteiger partial charge in [-0.1, -0.05) is 6.07 Å². The molecule has 5 nitrogen and oxygen atoms in total. The molecule has 1 saturated heterocycles. The van der Waals surface area contributed by atoms with E-state index in [1.54, 1.807) is 0 Å². The summed E-state index contributed by atoms with van der Waals surface area (Å²) in [7, 11) is 0. The van der Waals surface area contributed by atoms with E-state index in [-0.39, 0.29) is 12.3 Å². The van der Waals surface area contributed by atoms with Crippen LogP contribution in [0.25, 0.3) is 0 Å². The Labute approximate surface area is 128 Å². The number of aliphatic carboxylic acids is 1. The minimum absolute atomic E-state index is 0.0553. The fourth-order valence-corrected chi connectivity index (χ4v) is 3.44. The maximum atomic E-state index is 12.1. The number of piperidine rings is 1. The number of rotatable bonds is 7. The van der Waals surface area contributed by atoms with Crippen LogP contribution in [0.5, 0.6) is 0 Å². The van der Waals surface area contributed by atoms with E-state index in [4.69, 9.17) is 5.11 Å². The Hall–Kier alpha value is -1.40. The molecule has 1 amide bonds. The predicted molar refractivity (Wildman–Crippen MR) is 82.3 cm³/mol. The lowest BCUT2D eigenvalue weighted by Gasteiger charge is -2.23. The number of amides is 1. The minimum atomic E-state index is -0.898. The van der Waals surface area contributed by atoms with Crippen molar-refractivity contribution in [1.29, 1.82) is 0 Å². The topological polar surface area (TPSA) is 78.4 Å². The zero-order valence-corrected chi connectivity index (χ0v) is 12.8. The van der Waals surface area contributed by atoms with E-state index < -0.39 is 12.0 Å². The van der Waals surface area contributed by atoms with Gasteiger partial charge in [0.25, 0.3) is 0 Å². The SMILES string of the molecule is O=C(O)CC(NC(=O)CCC1CCCNC1)c1cccs1. The molecule has 116 valence electrons. The summed E-state index contributed by atoms with van der Waals surface area (Å²) >= 11 is 1.47. The quantitative estimate of drug-likeness (QED) is 0.721. The Morgan fingerprint density at radius 1 is 1.52 bits per heavy atom. The summed E-state index contributed by atoms with van der Waals surface area (Å²) in [5, 5.41) is 17.1. The van der Waals surface area contributed by atoms with E-state index in [1.165, 1.54) is 24.2 Å². The highest BCUT2D eigenvalue weighted by atomic mass is 32.1. The van der Waals surface area contributed by atoms with Crippen LogP contribution in [0.3, 0.4) is 0 Å². The maximum Gasteiger partial charge on any atom is 0.305 e. The molecule has 2 heterocycles. The summed E-state index contributed by atoms with van der Waals surface area (Å²) in [6, 6.07) is 3.32. The predicted octanol–water partition coefficient (Wildman–Crippen LogP) is 2.16. The third-order valence-electron chi connectivity index (χ3n) is 3.78. The first-order chi connectivity index (χ1) is 10.1. The van der Waals surface area contributed by atoms with Crippen LogP contribution in [-0.4, -0.2) is 30.1 Å². The van der Waals surface area contributed by atoms with E-state index in [9.17, 15) is 9.59 Å². The second-order valence-electron chi connectivity index (χ2n) is 5.48. The maximum absolute atomic E-state index is 12.1. The molecule has 0 aromatic carbocycles. The molecule has 0 spiro atoms. The molecule has 0 saturated carbocycles. The normalized spacial score (nSPS) is 19.9. The molecule has 1 aromatic rings. The van der Waals surface area contributed by atoms with E-state index in [0.717, 1.165) is 24.4 Å². The number of carbonyl (C=O) groups is 2. The van der Waals surface area contributed by atoms with Gasteiger partial charge in [0.05, 0.1) is 12.5 Å². The molecule has 0 radical (unpaired) electrons. The Kier molecular flexibility index (Phi) is 6.20. The van der Waals surface area contributed by atoms with Crippen LogP contribution in [-0.2, 0) is 9.59 Å². The van der Waals surface area contributed by atoms with Crippen molar-refractivity contribution in [2.75, 3.05) is 13.1 Å². The molecule has 1 aliphatic rings. The Morgan fingerprint density at radius 2 is 2.38 bits per heavy atom. The highest BCUT2D eigenvalue weighted by molar-refractivity contribution is 7.10. The average molecular weight is 310 g/mol. The van der Waals surface area contributed by atoms with Crippen molar-refractivity contribution >= 4 is 23.2 Å². The first-order valence-corrected chi connectivity index (χ1v) is 8.28. The lowest BCUT2D eigenvalue weighted by Crippen LogP contribution is -2.32. The van der Waals surface area contributed by atoms with Gasteiger partial charge in [-0.3, -0.25) is 9.59 Å². The summed E-state index contributed by atoms with van der Waals surface area (Å²) in [4.78, 5) is 23.9. The van der Waals surface area contributed by atoms with Crippen molar-refractivity contribution in [2.45, 2.75) is 38.1 Å². The van der Waals surface area contributed by atoms with Gasteiger partial charge in [-0.05, 0) is 49.7 Å². The van der Waals surface area contributed by atoms with Gasteiger partial charge < -0.3 is 15.7 Å². The first kappa shape index (κ1) is 16.0. The summed E-state index contributed by atoms with van der Waals surface area (Å²) in [6.07, 6.45) is 3.60. The number of carbonyl (C=O) groups excluding carboxylic acids is 1. The third kappa shape index (κ3) is 5.47. The molecule has 1 aliphatic heterocycles. The van der Waals surface area contributed by atoms with Gasteiger partial charge in [-0.2, -0.15) is 0 Å². The van der Waals surface area contributed by atoms with E-state index in [2.05, 4.69) is 10.6 Å². The number of carboxylic acids is 1. The number of hydrogen-bond acceptors (Lipinski definition) is 4. The fourth-order valence-electron chi connectivity index (χ4n) is 2.66. The average Bonchev–Trinajstić information content (AvgIpc) is 2.99.